The number of para-hydroxylation sites is 1. The standard InChI is InChI=1S/C69H66N3O.Pt/c1-43(2)51-39-58(44(3)4)66(73)61(40-51)67-71-65-57(53-36-52(46-19-14-12-15-20-46)37-54(38-53)62-41-50(33-34-70-62)47-25-29-55(30-26-47)68(6,7)8)23-18-24-63(65)72(67)64-42-59(48-21-16-13-17-22-48)45(5)35-60(64)49-27-31-56(32-28-49)69(9,10)11;/h12-37,39-44,73H,1-11H3;/q-1;/i5D3,6D3,7D3,8D3,43D,44D;. The van der Waals surface area contributed by atoms with Crippen LogP contribution in [-0.2, 0) is 31.9 Å². The van der Waals surface area contributed by atoms with Crippen molar-refractivity contribution < 1.29 is 45.4 Å². The minimum atomic E-state index is -3.42. The maximum Gasteiger partial charge on any atom is 0.148 e. The molecule has 0 aliphatic rings. The fraction of sp³-hybridized carbons (Fsp3) is 0.217. The van der Waals surface area contributed by atoms with Crippen LogP contribution in [0.25, 0.3) is 95.0 Å². The van der Waals surface area contributed by atoms with E-state index in [1.165, 1.54) is 24.3 Å². The molecule has 0 atom stereocenters. The van der Waals surface area contributed by atoms with Crippen LogP contribution in [0.1, 0.15) is 128 Å². The quantitative estimate of drug-likeness (QED) is 0.139. The van der Waals surface area contributed by atoms with E-state index in [-0.39, 0.29) is 60.3 Å². The molecule has 10 aromatic rings. The fourth-order valence-electron chi connectivity index (χ4n) is 9.55. The largest absolute Gasteiger partial charge is 0.507 e. The van der Waals surface area contributed by atoms with Crippen molar-refractivity contribution in [3.8, 4) is 89.7 Å². The molecule has 0 aliphatic carbocycles. The van der Waals surface area contributed by atoms with E-state index in [1.54, 1.807) is 58.2 Å². The number of fused-ring (bicyclic) bond motifs is 1. The SMILES string of the molecule is [2H]C([2H])([2H])c1cc(-c2ccc(C(C)(C)C)cc2)c(-n2c(-c3cc(C([2H])(C)C)cc(C([2H])(C)C)c3O)nc3c(-c4[c-]c(-c5cc(-c6ccc(C(C([2H])([2H])[2H])(C([2H])([2H])[2H])C([2H])([2H])[2H])cc6)ccn5)cc(-c5ccccc5)c4)cccc32)cc1-c1ccccc1.[Pt]. The van der Waals surface area contributed by atoms with E-state index in [9.17, 15) is 7.85 Å². The van der Waals surface area contributed by atoms with Crippen LogP contribution in [-0.4, -0.2) is 19.6 Å². The van der Waals surface area contributed by atoms with Crippen molar-refractivity contribution in [2.24, 2.45) is 0 Å². The number of hydrogen-bond acceptors (Lipinski definition) is 3. The normalized spacial score (nSPS) is 15.7. The molecule has 0 aliphatic heterocycles. The Morgan fingerprint density at radius 3 is 1.81 bits per heavy atom. The Morgan fingerprint density at radius 1 is 0.554 bits per heavy atom. The molecule has 0 saturated carbocycles. The summed E-state index contributed by atoms with van der Waals surface area (Å²) in [6.07, 6.45) is 1.61. The van der Waals surface area contributed by atoms with E-state index < -0.39 is 44.6 Å². The van der Waals surface area contributed by atoms with Crippen molar-refractivity contribution in [3.05, 3.63) is 216 Å². The minimum Gasteiger partial charge on any atom is -0.507 e. The summed E-state index contributed by atoms with van der Waals surface area (Å²) < 4.78 is 122. The van der Waals surface area contributed by atoms with Crippen molar-refractivity contribution in [2.45, 2.75) is 98.5 Å². The second kappa shape index (κ2) is 20.6. The summed E-state index contributed by atoms with van der Waals surface area (Å²) in [5.74, 6) is -2.48. The number of phenols is 1. The Balaban J connectivity index is 0.00000922. The first-order valence-electron chi connectivity index (χ1n) is 31.4. The molecule has 0 unspecified atom stereocenters. The van der Waals surface area contributed by atoms with Crippen LogP contribution in [0.2, 0.25) is 0 Å². The molecule has 5 heteroatoms. The number of aromatic hydroxyl groups is 1. The van der Waals surface area contributed by atoms with Gasteiger partial charge < -0.3 is 5.11 Å². The number of pyridine rings is 1. The molecule has 0 bridgehead atoms. The van der Waals surface area contributed by atoms with Crippen LogP contribution in [0.5, 0.6) is 5.75 Å². The molecule has 4 nitrogen and oxygen atoms in total. The Bertz CT molecular complexity index is 4170. The van der Waals surface area contributed by atoms with Gasteiger partial charge in [-0.05, 0) is 121 Å². The molecule has 74 heavy (non-hydrogen) atoms. The van der Waals surface area contributed by atoms with Gasteiger partial charge in [-0.2, -0.15) is 0 Å². The molecule has 1 N–H and O–H groups in total. The van der Waals surface area contributed by atoms with E-state index in [2.05, 4.69) is 26.8 Å². The third kappa shape index (κ3) is 10.2. The number of nitrogens with zero attached hydrogens (tertiary/aromatic N) is 3. The van der Waals surface area contributed by atoms with E-state index in [0.717, 1.165) is 22.3 Å². The summed E-state index contributed by atoms with van der Waals surface area (Å²) in [5, 5.41) is 12.7. The van der Waals surface area contributed by atoms with Crippen molar-refractivity contribution in [3.63, 3.8) is 0 Å². The second-order valence-electron chi connectivity index (χ2n) is 20.3. The summed E-state index contributed by atoms with van der Waals surface area (Å²) in [6, 6.07) is 56.7. The molecular weight excluding hydrogens is 1080 g/mol. The zero-order valence-electron chi connectivity index (χ0n) is 56.4. The number of imidazole rings is 1. The zero-order chi connectivity index (χ0) is 63.2. The second-order valence-corrected chi connectivity index (χ2v) is 20.3. The maximum atomic E-state index is 12.7. The summed E-state index contributed by atoms with van der Waals surface area (Å²) in [5.41, 5.74) is 7.58. The van der Waals surface area contributed by atoms with E-state index in [0.29, 0.717) is 72.5 Å². The third-order valence-corrected chi connectivity index (χ3v) is 13.6. The van der Waals surface area contributed by atoms with Gasteiger partial charge >= 0.3 is 0 Å². The first-order valence-corrected chi connectivity index (χ1v) is 24.4. The first kappa shape index (κ1) is 36.7. The molecule has 0 spiro atoms. The Labute approximate surface area is 473 Å². The third-order valence-electron chi connectivity index (χ3n) is 13.6. The molecule has 2 aromatic heterocycles. The Hall–Kier alpha value is -7.13. The minimum absolute atomic E-state index is 0. The molecule has 8 aromatic carbocycles. The summed E-state index contributed by atoms with van der Waals surface area (Å²) in [7, 11) is 0. The van der Waals surface area contributed by atoms with Gasteiger partial charge in [-0.25, -0.2) is 4.98 Å². The van der Waals surface area contributed by atoms with Crippen molar-refractivity contribution in [2.75, 3.05) is 0 Å². The fourth-order valence-corrected chi connectivity index (χ4v) is 9.55. The smallest absolute Gasteiger partial charge is 0.148 e. The van der Waals surface area contributed by atoms with Gasteiger partial charge in [0.2, 0.25) is 0 Å². The monoisotopic (exact) mass is 1160 g/mol. The van der Waals surface area contributed by atoms with Crippen LogP contribution in [0.15, 0.2) is 182 Å². The van der Waals surface area contributed by atoms with E-state index >= 15 is 0 Å². The average molecular weight is 1160 g/mol. The van der Waals surface area contributed by atoms with Gasteiger partial charge in [0.25, 0.3) is 0 Å². The predicted octanol–water partition coefficient (Wildman–Crippen LogP) is 18.7. The van der Waals surface area contributed by atoms with Gasteiger partial charge in [-0.3, -0.25) is 9.55 Å². The predicted molar refractivity (Wildman–Crippen MR) is 308 cm³/mol. The van der Waals surface area contributed by atoms with Gasteiger partial charge in [-0.1, -0.05) is 219 Å². The molecular formula is C69H66N3OPt-. The molecule has 0 amide bonds. The van der Waals surface area contributed by atoms with Crippen LogP contribution >= 0.6 is 0 Å². The topological polar surface area (TPSA) is 50.9 Å². The number of phenolic OH excluding ortho intramolecular Hbond substituents is 1. The summed E-state index contributed by atoms with van der Waals surface area (Å²) in [4.78, 5) is 10.4. The Morgan fingerprint density at radius 2 is 1.18 bits per heavy atom. The molecule has 0 fully saturated rings. The Kier molecular flexibility index (Phi) is 10.2. The molecule has 0 saturated heterocycles. The molecule has 0 radical (unpaired) electrons. The maximum absolute atomic E-state index is 12.7. The number of hydrogen-bond donors (Lipinski definition) is 1. The van der Waals surface area contributed by atoms with Gasteiger partial charge in [0, 0.05) is 57.7 Å². The van der Waals surface area contributed by atoms with Crippen LogP contribution in [0, 0.1) is 12.9 Å². The average Bonchev–Trinajstić information content (AvgIpc) is 0.853. The number of aromatic nitrogens is 3. The summed E-state index contributed by atoms with van der Waals surface area (Å²) in [6.45, 7) is 0.386. The van der Waals surface area contributed by atoms with Crippen molar-refractivity contribution in [1.29, 1.82) is 0 Å². The van der Waals surface area contributed by atoms with E-state index in [4.69, 9.17) is 26.4 Å². The first-order chi connectivity index (χ1) is 40.5. The van der Waals surface area contributed by atoms with Crippen molar-refractivity contribution in [1.82, 2.24) is 14.5 Å². The number of aryl methyl sites for hydroxylation is 1. The van der Waals surface area contributed by atoms with Crippen LogP contribution in [0.4, 0.5) is 0 Å². The molecule has 374 valence electrons. The van der Waals surface area contributed by atoms with Gasteiger partial charge in [0.15, 0.2) is 0 Å². The molecule has 2 heterocycles. The van der Waals surface area contributed by atoms with Crippen molar-refractivity contribution >= 4 is 11.0 Å². The summed E-state index contributed by atoms with van der Waals surface area (Å²) >= 11 is 0. The number of rotatable bonds is 10. The van der Waals surface area contributed by atoms with Gasteiger partial charge in [0.1, 0.15) is 11.6 Å². The van der Waals surface area contributed by atoms with Gasteiger partial charge in [0.05, 0.1) is 22.3 Å². The van der Waals surface area contributed by atoms with Crippen LogP contribution in [0.3, 0.4) is 0 Å². The zero-order valence-corrected chi connectivity index (χ0v) is 44.7. The van der Waals surface area contributed by atoms with Gasteiger partial charge in [-0.15, -0.1) is 23.8 Å². The number of benzene rings is 8. The molecule has 10 rings (SSSR count). The van der Waals surface area contributed by atoms with E-state index in [1.807, 2.05) is 132 Å². The van der Waals surface area contributed by atoms with Crippen LogP contribution < -0.4 is 0 Å².